The number of carbonyl (C=O) groups is 1. The maximum atomic E-state index is 13.0. The number of alkyl halides is 2. The molecule has 0 unspecified atom stereocenters. The molecule has 1 aromatic rings. The molecule has 0 radical (unpaired) electrons. The first-order valence-corrected chi connectivity index (χ1v) is 5.95. The van der Waals surface area contributed by atoms with Crippen LogP contribution in [0.3, 0.4) is 0 Å². The second-order valence-electron chi connectivity index (χ2n) is 4.64. The quantitative estimate of drug-likeness (QED) is 0.883. The molecule has 1 aliphatic carbocycles. The van der Waals surface area contributed by atoms with E-state index >= 15 is 0 Å². The Morgan fingerprint density at radius 1 is 1.44 bits per heavy atom. The van der Waals surface area contributed by atoms with Crippen LogP contribution in [0.1, 0.15) is 31.4 Å². The van der Waals surface area contributed by atoms with Gasteiger partial charge in [0.1, 0.15) is 0 Å². The molecule has 18 heavy (non-hydrogen) atoms. The predicted octanol–water partition coefficient (Wildman–Crippen LogP) is 2.55. The lowest BCUT2D eigenvalue weighted by atomic mass is 9.86. The van der Waals surface area contributed by atoms with Crippen LogP contribution < -0.4 is 5.32 Å². The van der Waals surface area contributed by atoms with Crippen LogP contribution in [-0.4, -0.2) is 21.8 Å². The van der Waals surface area contributed by atoms with Gasteiger partial charge in [0.15, 0.2) is 0 Å². The first kappa shape index (κ1) is 12.9. The Kier molecular flexibility index (Phi) is 3.54. The topological polar surface area (TPSA) is 54.9 Å². The summed E-state index contributed by atoms with van der Waals surface area (Å²) in [4.78, 5) is 19.8. The number of halogens is 2. The summed E-state index contributed by atoms with van der Waals surface area (Å²) >= 11 is 0. The zero-order chi connectivity index (χ0) is 13.2. The van der Waals surface area contributed by atoms with Crippen LogP contribution in [0.4, 0.5) is 14.7 Å². The van der Waals surface area contributed by atoms with E-state index in [9.17, 15) is 13.6 Å². The lowest BCUT2D eigenvalue weighted by Gasteiger charge is -2.27. The van der Waals surface area contributed by atoms with E-state index in [-0.39, 0.29) is 43.5 Å². The van der Waals surface area contributed by atoms with E-state index in [4.69, 9.17) is 0 Å². The fraction of sp³-hybridized carbons (Fsp3) is 0.583. The Bertz CT molecular complexity index is 441. The molecule has 1 heterocycles. The number of rotatable bonds is 2. The third-order valence-corrected chi connectivity index (χ3v) is 3.12. The maximum absolute atomic E-state index is 13.0. The Morgan fingerprint density at radius 2 is 2.11 bits per heavy atom. The van der Waals surface area contributed by atoms with Gasteiger partial charge < -0.3 is 0 Å². The van der Waals surface area contributed by atoms with Gasteiger partial charge in [0.25, 0.3) is 0 Å². The summed E-state index contributed by atoms with van der Waals surface area (Å²) in [6, 6.07) is 1.72. The molecule has 4 nitrogen and oxygen atoms in total. The molecule has 0 spiro atoms. The summed E-state index contributed by atoms with van der Waals surface area (Å²) in [6.45, 7) is 1.79. The fourth-order valence-corrected chi connectivity index (χ4v) is 2.02. The molecule has 0 atom stereocenters. The molecule has 1 N–H and O–H groups in total. The van der Waals surface area contributed by atoms with Gasteiger partial charge in [-0.2, -0.15) is 0 Å². The summed E-state index contributed by atoms with van der Waals surface area (Å²) in [5.74, 6) is -3.02. The van der Waals surface area contributed by atoms with Crippen molar-refractivity contribution in [2.45, 2.75) is 38.5 Å². The molecular formula is C12H15F2N3O. The first-order chi connectivity index (χ1) is 8.46. The number of hydrogen-bond donors (Lipinski definition) is 1. The molecule has 6 heteroatoms. The number of nitrogens with one attached hydrogen (secondary N) is 1. The molecule has 0 bridgehead atoms. The van der Waals surface area contributed by atoms with Gasteiger partial charge in [-0.1, -0.05) is 0 Å². The molecule has 1 fully saturated rings. The molecule has 2 rings (SSSR count). The minimum Gasteiger partial charge on any atom is -0.294 e. The van der Waals surface area contributed by atoms with Crippen LogP contribution in [-0.2, 0) is 4.79 Å². The first-order valence-electron chi connectivity index (χ1n) is 5.95. The van der Waals surface area contributed by atoms with E-state index < -0.39 is 5.92 Å². The van der Waals surface area contributed by atoms with Gasteiger partial charge in [0.05, 0.1) is 0 Å². The van der Waals surface area contributed by atoms with Crippen LogP contribution in [0, 0.1) is 12.8 Å². The van der Waals surface area contributed by atoms with Crippen molar-refractivity contribution in [3.05, 3.63) is 18.0 Å². The second kappa shape index (κ2) is 4.96. The Hall–Kier alpha value is -1.59. The van der Waals surface area contributed by atoms with E-state index in [2.05, 4.69) is 15.3 Å². The highest BCUT2D eigenvalue weighted by Gasteiger charge is 2.37. The minimum atomic E-state index is -2.61. The molecular weight excluding hydrogens is 240 g/mol. The van der Waals surface area contributed by atoms with Crippen LogP contribution in [0.15, 0.2) is 12.3 Å². The highest BCUT2D eigenvalue weighted by atomic mass is 19.3. The van der Waals surface area contributed by atoms with Gasteiger partial charge in [-0.15, -0.1) is 0 Å². The molecule has 98 valence electrons. The van der Waals surface area contributed by atoms with Crippen molar-refractivity contribution < 1.29 is 13.6 Å². The summed E-state index contributed by atoms with van der Waals surface area (Å²) in [5, 5.41) is 2.57. The van der Waals surface area contributed by atoms with Crippen molar-refractivity contribution in [3.63, 3.8) is 0 Å². The zero-order valence-electron chi connectivity index (χ0n) is 10.1. The van der Waals surface area contributed by atoms with E-state index in [1.54, 1.807) is 19.2 Å². The smallest absolute Gasteiger partial charge is 0.248 e. The third kappa shape index (κ3) is 3.21. The monoisotopic (exact) mass is 255 g/mol. The van der Waals surface area contributed by atoms with Crippen molar-refractivity contribution in [2.24, 2.45) is 5.92 Å². The highest BCUT2D eigenvalue weighted by Crippen LogP contribution is 2.36. The number of carbonyl (C=O) groups excluding carboxylic acids is 1. The summed E-state index contributed by atoms with van der Waals surface area (Å²) < 4.78 is 25.9. The van der Waals surface area contributed by atoms with Crippen LogP contribution in [0.5, 0.6) is 0 Å². The van der Waals surface area contributed by atoms with Gasteiger partial charge >= 0.3 is 0 Å². The summed E-state index contributed by atoms with van der Waals surface area (Å²) in [6.07, 6.45) is 1.53. The lowest BCUT2D eigenvalue weighted by Crippen LogP contribution is -2.32. The number of anilines is 1. The standard InChI is InChI=1S/C12H15F2N3O/c1-8-4-7-15-11(16-8)17-10(18)9-2-5-12(13,14)6-3-9/h4,7,9H,2-3,5-6H2,1H3,(H,15,16,17,18). The fourth-order valence-electron chi connectivity index (χ4n) is 2.02. The third-order valence-electron chi connectivity index (χ3n) is 3.12. The van der Waals surface area contributed by atoms with E-state index in [1.165, 1.54) is 0 Å². The van der Waals surface area contributed by atoms with Crippen LogP contribution in [0.2, 0.25) is 0 Å². The Morgan fingerprint density at radius 3 is 2.72 bits per heavy atom. The van der Waals surface area contributed by atoms with Crippen LogP contribution in [0.25, 0.3) is 0 Å². The van der Waals surface area contributed by atoms with Crippen molar-refractivity contribution in [1.29, 1.82) is 0 Å². The van der Waals surface area contributed by atoms with E-state index in [1.807, 2.05) is 0 Å². The molecule has 1 aliphatic rings. The van der Waals surface area contributed by atoms with Crippen LogP contribution >= 0.6 is 0 Å². The van der Waals surface area contributed by atoms with Crippen molar-refractivity contribution >= 4 is 11.9 Å². The normalized spacial score (nSPS) is 19.5. The molecule has 1 saturated carbocycles. The summed E-state index contributed by atoms with van der Waals surface area (Å²) in [7, 11) is 0. The number of aryl methyl sites for hydroxylation is 1. The minimum absolute atomic E-state index is 0.213. The molecule has 0 aromatic carbocycles. The van der Waals surface area contributed by atoms with E-state index in [0.29, 0.717) is 0 Å². The van der Waals surface area contributed by atoms with Crippen molar-refractivity contribution in [3.8, 4) is 0 Å². The Labute approximate surface area is 104 Å². The zero-order valence-corrected chi connectivity index (χ0v) is 10.1. The average Bonchev–Trinajstić information content (AvgIpc) is 2.28. The summed E-state index contributed by atoms with van der Waals surface area (Å²) in [5.41, 5.74) is 0.746. The molecule has 1 aromatic heterocycles. The van der Waals surface area contributed by atoms with Crippen molar-refractivity contribution in [2.75, 3.05) is 5.32 Å². The van der Waals surface area contributed by atoms with Gasteiger partial charge in [-0.05, 0) is 25.8 Å². The largest absolute Gasteiger partial charge is 0.294 e. The van der Waals surface area contributed by atoms with E-state index in [0.717, 1.165) is 5.69 Å². The lowest BCUT2D eigenvalue weighted by molar-refractivity contribution is -0.124. The van der Waals surface area contributed by atoms with Gasteiger partial charge in [-0.25, -0.2) is 18.7 Å². The Balaban J connectivity index is 1.93. The molecule has 0 saturated heterocycles. The maximum Gasteiger partial charge on any atom is 0.248 e. The average molecular weight is 255 g/mol. The van der Waals surface area contributed by atoms with Gasteiger partial charge in [0, 0.05) is 30.7 Å². The van der Waals surface area contributed by atoms with Crippen molar-refractivity contribution in [1.82, 2.24) is 9.97 Å². The predicted molar refractivity (Wildman–Crippen MR) is 62.3 cm³/mol. The number of aromatic nitrogens is 2. The van der Waals surface area contributed by atoms with Gasteiger partial charge in [-0.3, -0.25) is 10.1 Å². The molecule has 0 aliphatic heterocycles. The number of hydrogen-bond acceptors (Lipinski definition) is 3. The molecule has 1 amide bonds. The number of amides is 1. The highest BCUT2D eigenvalue weighted by molar-refractivity contribution is 5.90. The second-order valence-corrected chi connectivity index (χ2v) is 4.64. The SMILES string of the molecule is Cc1ccnc(NC(=O)C2CCC(F)(F)CC2)n1. The number of nitrogens with zero attached hydrogens (tertiary/aromatic N) is 2. The van der Waals surface area contributed by atoms with Gasteiger partial charge in [0.2, 0.25) is 17.8 Å².